The summed E-state index contributed by atoms with van der Waals surface area (Å²) in [7, 11) is 0. The first kappa shape index (κ1) is 35.5. The summed E-state index contributed by atoms with van der Waals surface area (Å²) in [6.07, 6.45) is 4.81. The van der Waals surface area contributed by atoms with Gasteiger partial charge in [-0.25, -0.2) is 8.78 Å². The zero-order valence-electron chi connectivity index (χ0n) is 32.8. The molecule has 48 heavy (non-hydrogen) atoms. The van der Waals surface area contributed by atoms with E-state index >= 15 is 0 Å². The molecule has 1 amide bonds. The van der Waals surface area contributed by atoms with Crippen LogP contribution in [0.3, 0.4) is 0 Å². The maximum absolute atomic E-state index is 14.6. The Bertz CT molecular complexity index is 1520. The quantitative estimate of drug-likeness (QED) is 0.274. The molecule has 0 radical (unpaired) electrons. The van der Waals surface area contributed by atoms with Gasteiger partial charge in [-0.15, -0.1) is 10.2 Å². The Labute approximate surface area is 290 Å². The summed E-state index contributed by atoms with van der Waals surface area (Å²) in [5.41, 5.74) is 1.68. The average Bonchev–Trinajstić information content (AvgIpc) is 3.54. The van der Waals surface area contributed by atoms with Crippen molar-refractivity contribution in [1.29, 1.82) is 0 Å². The molecule has 2 aromatic rings. The molecular formula is C40H63F2N5O. The normalized spacial score (nSPS) is 30.8. The zero-order valence-corrected chi connectivity index (χ0v) is 31.8. The van der Waals surface area contributed by atoms with Gasteiger partial charge in [-0.3, -0.25) is 9.69 Å². The Morgan fingerprint density at radius 2 is 1.77 bits per heavy atom. The Morgan fingerprint density at radius 3 is 2.38 bits per heavy atom. The smallest absolute Gasteiger partial charge is 0.250 e. The number of fused-ring (bicyclic) bond motifs is 2. The number of hydrogen-bond donors (Lipinski definition) is 1. The second-order valence-electron chi connectivity index (χ2n) is 17.5. The summed E-state index contributed by atoms with van der Waals surface area (Å²) in [4.78, 5) is 17.2. The molecule has 5 unspecified atom stereocenters. The predicted molar refractivity (Wildman–Crippen MR) is 190 cm³/mol. The Hall–Kier alpha value is -2.35. The molecule has 1 N–H and O–H groups in total. The predicted octanol–water partition coefficient (Wildman–Crippen LogP) is 9.51. The number of aryl methyl sites for hydroxylation is 2. The van der Waals surface area contributed by atoms with E-state index in [2.05, 4.69) is 95.9 Å². The lowest BCUT2D eigenvalue weighted by Crippen LogP contribution is -2.58. The van der Waals surface area contributed by atoms with Crippen molar-refractivity contribution in [3.63, 3.8) is 0 Å². The molecule has 3 aliphatic rings. The molecule has 1 aromatic carbocycles. The zero-order chi connectivity index (χ0) is 36.4. The Balaban J connectivity index is 1.52. The summed E-state index contributed by atoms with van der Waals surface area (Å²) < 4.78 is 41.4. The Morgan fingerprint density at radius 1 is 1.08 bits per heavy atom. The van der Waals surface area contributed by atoms with Crippen LogP contribution in [0.4, 0.5) is 8.78 Å². The highest BCUT2D eigenvalue weighted by atomic mass is 19.3. The number of amides is 1. The minimum absolute atomic E-state index is 0.0267. The SMILES string of the molecule is [2H]N(C(=O)C1(C)CCC(F)(F)C(C)C1)[C@H](c1cccc(C)c1C)C(C)(C)C(C)N1C2C[C@H](n3c(CC)nnc3C(C)CC)C[C@H]1C(C)(C)C2. The van der Waals surface area contributed by atoms with Crippen molar-refractivity contribution < 1.29 is 15.0 Å². The molecule has 1 aliphatic carbocycles. The highest BCUT2D eigenvalue weighted by Crippen LogP contribution is 2.55. The lowest BCUT2D eigenvalue weighted by atomic mass is 9.67. The summed E-state index contributed by atoms with van der Waals surface area (Å²) in [6, 6.07) is 6.58. The van der Waals surface area contributed by atoms with Crippen LogP contribution in [0, 0.1) is 36.0 Å². The van der Waals surface area contributed by atoms with Crippen molar-refractivity contribution in [3.8, 4) is 0 Å². The van der Waals surface area contributed by atoms with Gasteiger partial charge in [-0.05, 0) is 81.4 Å². The molecule has 268 valence electrons. The van der Waals surface area contributed by atoms with E-state index in [4.69, 9.17) is 5.10 Å². The summed E-state index contributed by atoms with van der Waals surface area (Å²) in [5, 5.41) is 10.5. The summed E-state index contributed by atoms with van der Waals surface area (Å²) >= 11 is 0. The van der Waals surface area contributed by atoms with Crippen molar-refractivity contribution >= 4 is 5.91 Å². The number of carbonyl (C=O) groups is 1. The van der Waals surface area contributed by atoms with Gasteiger partial charge < -0.3 is 9.88 Å². The van der Waals surface area contributed by atoms with Crippen LogP contribution in [-0.2, 0) is 11.2 Å². The lowest BCUT2D eigenvalue weighted by molar-refractivity contribution is -0.147. The molecular weight excluding hydrogens is 604 g/mol. The second-order valence-corrected chi connectivity index (χ2v) is 17.5. The second kappa shape index (κ2) is 13.1. The number of alkyl halides is 2. The van der Waals surface area contributed by atoms with Crippen molar-refractivity contribution in [2.75, 3.05) is 0 Å². The molecule has 5 rings (SSSR count). The minimum atomic E-state index is -2.79. The van der Waals surface area contributed by atoms with Crippen molar-refractivity contribution in [2.45, 2.75) is 177 Å². The van der Waals surface area contributed by atoms with E-state index in [1.165, 1.54) is 5.31 Å². The molecule has 2 bridgehead atoms. The number of piperidine rings is 1. The van der Waals surface area contributed by atoms with Crippen molar-refractivity contribution in [2.24, 2.45) is 22.2 Å². The van der Waals surface area contributed by atoms with Gasteiger partial charge in [0.15, 0.2) is 1.41 Å². The van der Waals surface area contributed by atoms with E-state index in [0.29, 0.717) is 24.0 Å². The van der Waals surface area contributed by atoms with E-state index < -0.39 is 28.7 Å². The molecule has 3 heterocycles. The van der Waals surface area contributed by atoms with Crippen LogP contribution in [0.15, 0.2) is 18.2 Å². The number of carbonyl (C=O) groups excluding carboxylic acids is 1. The van der Waals surface area contributed by atoms with E-state index in [-0.39, 0.29) is 36.6 Å². The maximum Gasteiger partial charge on any atom is 0.250 e. The van der Waals surface area contributed by atoms with Crippen LogP contribution in [0.5, 0.6) is 0 Å². The fraction of sp³-hybridized carbons (Fsp3) is 0.775. The molecule has 8 atom stereocenters. The number of nitrogens with one attached hydrogen (secondary N) is 1. The number of halogens is 2. The van der Waals surface area contributed by atoms with E-state index in [9.17, 15) is 15.0 Å². The first-order valence-electron chi connectivity index (χ1n) is 19.1. The number of benzene rings is 1. The molecule has 0 spiro atoms. The van der Waals surface area contributed by atoms with Crippen LogP contribution < -0.4 is 5.31 Å². The average molecular weight is 669 g/mol. The van der Waals surface area contributed by atoms with Gasteiger partial charge in [0.1, 0.15) is 11.6 Å². The van der Waals surface area contributed by atoms with Crippen LogP contribution in [0.2, 0.25) is 1.41 Å². The summed E-state index contributed by atoms with van der Waals surface area (Å²) in [5.74, 6) is -1.53. The fourth-order valence-electron chi connectivity index (χ4n) is 9.52. The van der Waals surface area contributed by atoms with E-state index in [1.54, 1.807) is 13.8 Å². The van der Waals surface area contributed by atoms with Crippen LogP contribution in [-0.4, -0.2) is 49.6 Å². The third kappa shape index (κ3) is 6.37. The fourth-order valence-corrected chi connectivity index (χ4v) is 9.52. The van der Waals surface area contributed by atoms with Gasteiger partial charge in [0.05, 0.1) is 6.04 Å². The number of aromatic nitrogens is 3. The molecule has 8 heteroatoms. The van der Waals surface area contributed by atoms with Gasteiger partial charge in [0, 0.05) is 59.7 Å². The standard InChI is InChI=1S/C40H63F2N5O/c1-13-24(3)35-45-44-33(14-2)47(35)29-20-30-23-37(8,9)32(21-29)46(30)28(7)38(10,11)34(31-17-15-16-25(4)27(31)6)43-36(48)39(12)18-19-40(41,42)26(5)22-39/h15-17,24,26,28-30,32,34H,13-14,18-23H2,1-12H3,(H,43,48)/t24?,26?,28?,29-,30?,32-,34+,39?/m0/s1/i/hD. The first-order chi connectivity index (χ1) is 22.7. The van der Waals surface area contributed by atoms with Gasteiger partial charge in [-0.1, -0.05) is 80.5 Å². The largest absolute Gasteiger partial charge is 0.348 e. The third-order valence-corrected chi connectivity index (χ3v) is 13.4. The molecule has 3 fully saturated rings. The van der Waals surface area contributed by atoms with E-state index in [0.717, 1.165) is 60.4 Å². The van der Waals surface area contributed by atoms with Crippen LogP contribution in [0.1, 0.15) is 161 Å². The lowest BCUT2D eigenvalue weighted by Gasteiger charge is -2.52. The Kier molecular flexibility index (Phi) is 9.67. The highest BCUT2D eigenvalue weighted by Gasteiger charge is 2.57. The maximum atomic E-state index is 14.6. The van der Waals surface area contributed by atoms with Crippen LogP contribution in [0.25, 0.3) is 0 Å². The molecule has 6 nitrogen and oxygen atoms in total. The third-order valence-electron chi connectivity index (χ3n) is 13.4. The molecule has 1 aromatic heterocycles. The van der Waals surface area contributed by atoms with E-state index in [1.807, 2.05) is 6.07 Å². The number of hydrogen-bond acceptors (Lipinski definition) is 4. The van der Waals surface area contributed by atoms with Crippen molar-refractivity contribution in [1.82, 2.24) is 25.0 Å². The van der Waals surface area contributed by atoms with Gasteiger partial charge in [0.2, 0.25) is 5.91 Å². The molecule has 2 aliphatic heterocycles. The topological polar surface area (TPSA) is 63.1 Å². The number of nitrogens with zero attached hydrogens (tertiary/aromatic N) is 4. The van der Waals surface area contributed by atoms with Gasteiger partial charge in [0.25, 0.3) is 5.92 Å². The van der Waals surface area contributed by atoms with Crippen LogP contribution >= 0.6 is 0 Å². The summed E-state index contributed by atoms with van der Waals surface area (Å²) in [6.45, 7) is 25.7. The van der Waals surface area contributed by atoms with Gasteiger partial charge >= 0.3 is 0 Å². The minimum Gasteiger partial charge on any atom is -0.348 e. The molecule has 1 saturated carbocycles. The monoisotopic (exact) mass is 669 g/mol. The number of rotatable bonds is 10. The highest BCUT2D eigenvalue weighted by molar-refractivity contribution is 5.83. The first-order valence-corrected chi connectivity index (χ1v) is 18.7. The van der Waals surface area contributed by atoms with Gasteiger partial charge in [-0.2, -0.15) is 0 Å². The van der Waals surface area contributed by atoms with Crippen molar-refractivity contribution in [3.05, 3.63) is 46.5 Å². The molecule has 2 saturated heterocycles.